The summed E-state index contributed by atoms with van der Waals surface area (Å²) < 4.78 is 11.2. The molecule has 1 saturated heterocycles. The second-order valence-electron chi connectivity index (χ2n) is 7.83. The number of morpholine rings is 1. The Balaban J connectivity index is 1.67. The number of ether oxygens (including phenoxy) is 2. The van der Waals surface area contributed by atoms with Crippen molar-refractivity contribution in [3.8, 4) is 5.75 Å². The van der Waals surface area contributed by atoms with Crippen molar-refractivity contribution in [1.82, 2.24) is 4.90 Å². The molecular formula is C24H26N2O4. The summed E-state index contributed by atoms with van der Waals surface area (Å²) in [6, 6.07) is 16.5. The van der Waals surface area contributed by atoms with E-state index in [1.165, 1.54) is 4.90 Å². The minimum Gasteiger partial charge on any atom is -0.493 e. The molecule has 2 aromatic rings. The van der Waals surface area contributed by atoms with E-state index in [1.54, 1.807) is 24.3 Å². The topological polar surface area (TPSA) is 59.1 Å². The van der Waals surface area contributed by atoms with Crippen LogP contribution in [0.3, 0.4) is 0 Å². The van der Waals surface area contributed by atoms with Crippen LogP contribution in [0.5, 0.6) is 5.75 Å². The van der Waals surface area contributed by atoms with Gasteiger partial charge in [0.25, 0.3) is 11.8 Å². The molecule has 1 fully saturated rings. The van der Waals surface area contributed by atoms with Gasteiger partial charge in [-0.15, -0.1) is 0 Å². The zero-order chi connectivity index (χ0) is 21.1. The Hall–Kier alpha value is -3.12. The Morgan fingerprint density at radius 3 is 2.23 bits per heavy atom. The highest BCUT2D eigenvalue weighted by Crippen LogP contribution is 2.35. The third kappa shape index (κ3) is 3.96. The lowest BCUT2D eigenvalue weighted by Crippen LogP contribution is -2.40. The van der Waals surface area contributed by atoms with Crippen molar-refractivity contribution >= 4 is 23.1 Å². The van der Waals surface area contributed by atoms with Gasteiger partial charge in [0.05, 0.1) is 31.1 Å². The van der Waals surface area contributed by atoms with Gasteiger partial charge in [0.2, 0.25) is 0 Å². The largest absolute Gasteiger partial charge is 0.493 e. The maximum atomic E-state index is 13.4. The molecule has 0 spiro atoms. The minimum absolute atomic E-state index is 0.295. The summed E-state index contributed by atoms with van der Waals surface area (Å²) in [5, 5.41) is 0. The molecule has 6 nitrogen and oxygen atoms in total. The van der Waals surface area contributed by atoms with E-state index < -0.39 is 0 Å². The molecule has 0 unspecified atom stereocenters. The third-order valence-corrected chi connectivity index (χ3v) is 5.13. The second-order valence-corrected chi connectivity index (χ2v) is 7.83. The fourth-order valence-electron chi connectivity index (χ4n) is 3.65. The molecule has 156 valence electrons. The van der Waals surface area contributed by atoms with Crippen molar-refractivity contribution in [3.05, 3.63) is 65.9 Å². The van der Waals surface area contributed by atoms with Crippen molar-refractivity contribution in [3.63, 3.8) is 0 Å². The highest BCUT2D eigenvalue weighted by atomic mass is 16.5. The maximum absolute atomic E-state index is 13.4. The highest BCUT2D eigenvalue weighted by molar-refractivity contribution is 6.45. The van der Waals surface area contributed by atoms with E-state index in [-0.39, 0.29) is 11.8 Å². The Kier molecular flexibility index (Phi) is 5.86. The smallest absolute Gasteiger partial charge is 0.282 e. The first kappa shape index (κ1) is 20.2. The molecule has 0 radical (unpaired) electrons. The number of rotatable bonds is 6. The predicted octanol–water partition coefficient (Wildman–Crippen LogP) is 3.34. The normalized spacial score (nSPS) is 17.3. The molecule has 2 aromatic carbocycles. The van der Waals surface area contributed by atoms with Crippen LogP contribution in [0, 0.1) is 5.92 Å². The summed E-state index contributed by atoms with van der Waals surface area (Å²) in [5.41, 5.74) is 2.19. The summed E-state index contributed by atoms with van der Waals surface area (Å²) in [4.78, 5) is 30.1. The van der Waals surface area contributed by atoms with Gasteiger partial charge in [-0.25, -0.2) is 4.90 Å². The van der Waals surface area contributed by atoms with E-state index in [1.807, 2.05) is 35.2 Å². The fourth-order valence-corrected chi connectivity index (χ4v) is 3.65. The Morgan fingerprint density at radius 1 is 0.933 bits per heavy atom. The Bertz CT molecular complexity index is 945. The van der Waals surface area contributed by atoms with E-state index in [0.29, 0.717) is 55.8 Å². The molecule has 30 heavy (non-hydrogen) atoms. The van der Waals surface area contributed by atoms with Gasteiger partial charge in [-0.05, 0) is 35.7 Å². The molecule has 2 amide bonds. The number of carbonyl (C=O) groups is 2. The molecule has 6 heteroatoms. The highest BCUT2D eigenvalue weighted by Gasteiger charge is 2.42. The van der Waals surface area contributed by atoms with Gasteiger partial charge in [0.1, 0.15) is 11.4 Å². The van der Waals surface area contributed by atoms with Crippen molar-refractivity contribution in [2.45, 2.75) is 13.8 Å². The maximum Gasteiger partial charge on any atom is 0.282 e. The average Bonchev–Trinajstić information content (AvgIpc) is 3.04. The van der Waals surface area contributed by atoms with Crippen LogP contribution in [0.15, 0.2) is 60.3 Å². The lowest BCUT2D eigenvalue weighted by molar-refractivity contribution is -0.121. The molecule has 2 aliphatic rings. The van der Waals surface area contributed by atoms with Crippen LogP contribution in [0.25, 0.3) is 5.57 Å². The summed E-state index contributed by atoms with van der Waals surface area (Å²) in [6.07, 6.45) is 0. The van der Waals surface area contributed by atoms with E-state index >= 15 is 0 Å². The number of imide groups is 1. The molecule has 0 N–H and O–H groups in total. The van der Waals surface area contributed by atoms with Crippen LogP contribution in [-0.2, 0) is 14.3 Å². The molecule has 0 bridgehead atoms. The van der Waals surface area contributed by atoms with Gasteiger partial charge in [0, 0.05) is 13.1 Å². The average molecular weight is 406 g/mol. The van der Waals surface area contributed by atoms with E-state index in [9.17, 15) is 9.59 Å². The number of hydrogen-bond donors (Lipinski definition) is 0. The van der Waals surface area contributed by atoms with Crippen LogP contribution in [-0.4, -0.2) is 49.6 Å². The number of amides is 2. The first-order valence-electron chi connectivity index (χ1n) is 10.3. The van der Waals surface area contributed by atoms with Crippen LogP contribution < -0.4 is 9.64 Å². The molecule has 2 aliphatic heterocycles. The molecule has 0 saturated carbocycles. The molecular weight excluding hydrogens is 380 g/mol. The quantitative estimate of drug-likeness (QED) is 0.689. The molecule has 0 aromatic heterocycles. The van der Waals surface area contributed by atoms with E-state index in [0.717, 1.165) is 11.3 Å². The van der Waals surface area contributed by atoms with Gasteiger partial charge < -0.3 is 14.4 Å². The lowest BCUT2D eigenvalue weighted by atomic mass is 10.0. The van der Waals surface area contributed by atoms with Crippen molar-refractivity contribution in [1.29, 1.82) is 0 Å². The predicted molar refractivity (Wildman–Crippen MR) is 115 cm³/mol. The monoisotopic (exact) mass is 406 g/mol. The lowest BCUT2D eigenvalue weighted by Gasteiger charge is -2.29. The molecule has 2 heterocycles. The van der Waals surface area contributed by atoms with Gasteiger partial charge in [-0.1, -0.05) is 44.2 Å². The van der Waals surface area contributed by atoms with Gasteiger partial charge in [0.15, 0.2) is 0 Å². The summed E-state index contributed by atoms with van der Waals surface area (Å²) in [5.74, 6) is 0.538. The van der Waals surface area contributed by atoms with Crippen LogP contribution in [0.4, 0.5) is 5.69 Å². The molecule has 4 rings (SSSR count). The zero-order valence-corrected chi connectivity index (χ0v) is 17.3. The zero-order valence-electron chi connectivity index (χ0n) is 17.3. The molecule has 0 atom stereocenters. The SMILES string of the molecule is CC(C)COc1ccc(N2C(=O)C(c3ccccc3)=C(N3CCOCC3)C2=O)cc1. The standard InChI is InChI=1S/C24H26N2O4/c1-17(2)16-30-20-10-8-19(9-11-20)26-23(27)21(18-6-4-3-5-7-18)22(24(26)28)25-12-14-29-15-13-25/h3-11,17H,12-16H2,1-2H3. The number of nitrogens with zero attached hydrogens (tertiary/aromatic N) is 2. The number of benzene rings is 2. The number of anilines is 1. The van der Waals surface area contributed by atoms with Crippen LogP contribution in [0.1, 0.15) is 19.4 Å². The fraction of sp³-hybridized carbons (Fsp3) is 0.333. The van der Waals surface area contributed by atoms with Crippen LogP contribution >= 0.6 is 0 Å². The van der Waals surface area contributed by atoms with Crippen molar-refractivity contribution in [2.24, 2.45) is 5.92 Å². The van der Waals surface area contributed by atoms with Crippen molar-refractivity contribution in [2.75, 3.05) is 37.8 Å². The van der Waals surface area contributed by atoms with Gasteiger partial charge in [-0.2, -0.15) is 0 Å². The van der Waals surface area contributed by atoms with Crippen molar-refractivity contribution < 1.29 is 19.1 Å². The van der Waals surface area contributed by atoms with Gasteiger partial charge >= 0.3 is 0 Å². The van der Waals surface area contributed by atoms with Gasteiger partial charge in [-0.3, -0.25) is 9.59 Å². The van der Waals surface area contributed by atoms with E-state index in [2.05, 4.69) is 13.8 Å². The second kappa shape index (κ2) is 8.71. The van der Waals surface area contributed by atoms with Crippen LogP contribution in [0.2, 0.25) is 0 Å². The summed E-state index contributed by atoms with van der Waals surface area (Å²) in [7, 11) is 0. The molecule has 0 aliphatic carbocycles. The first-order valence-corrected chi connectivity index (χ1v) is 10.3. The summed E-state index contributed by atoms with van der Waals surface area (Å²) >= 11 is 0. The number of hydrogen-bond acceptors (Lipinski definition) is 5. The summed E-state index contributed by atoms with van der Waals surface area (Å²) in [6.45, 7) is 7.02. The Labute approximate surface area is 176 Å². The third-order valence-electron chi connectivity index (χ3n) is 5.13. The minimum atomic E-state index is -0.302. The Morgan fingerprint density at radius 2 is 1.60 bits per heavy atom. The van der Waals surface area contributed by atoms with E-state index in [4.69, 9.17) is 9.47 Å². The first-order chi connectivity index (χ1) is 14.6. The number of carbonyl (C=O) groups excluding carboxylic acids is 2.